The Kier molecular flexibility index (Phi) is 6.87. The molecule has 176 valence electrons. The number of hydrogen-bond donors (Lipinski definition) is 4. The van der Waals surface area contributed by atoms with Crippen molar-refractivity contribution in [2.75, 3.05) is 17.2 Å². The number of aromatic nitrogens is 4. The maximum Gasteiger partial charge on any atom is 0.225 e. The van der Waals surface area contributed by atoms with Crippen LogP contribution in [0, 0.1) is 11.7 Å². The molecule has 0 saturated heterocycles. The van der Waals surface area contributed by atoms with Gasteiger partial charge in [-0.1, -0.05) is 23.2 Å². The van der Waals surface area contributed by atoms with E-state index in [1.54, 1.807) is 6.20 Å². The first-order valence-electron chi connectivity index (χ1n) is 10.6. The number of fused-ring (bicyclic) bond motifs is 1. The number of halogens is 3. The number of aliphatic hydroxyl groups excluding tert-OH is 1. The van der Waals surface area contributed by atoms with Gasteiger partial charge in [0.05, 0.1) is 28.5 Å². The summed E-state index contributed by atoms with van der Waals surface area (Å²) in [5.41, 5.74) is 6.92. The normalized spacial score (nSPS) is 19.4. The number of aliphatic hydroxyl groups is 1. The summed E-state index contributed by atoms with van der Waals surface area (Å²) >= 11 is 12.5. The molecule has 0 radical (unpaired) electrons. The summed E-state index contributed by atoms with van der Waals surface area (Å²) < 4.78 is 15.6. The van der Waals surface area contributed by atoms with Crippen LogP contribution in [0.4, 0.5) is 22.0 Å². The molecule has 1 aromatic carbocycles. The first-order chi connectivity index (χ1) is 15.8. The smallest absolute Gasteiger partial charge is 0.225 e. The molecule has 2 aromatic heterocycles. The van der Waals surface area contributed by atoms with Gasteiger partial charge in [0.1, 0.15) is 11.3 Å². The van der Waals surface area contributed by atoms with Gasteiger partial charge in [0.2, 0.25) is 17.8 Å². The van der Waals surface area contributed by atoms with Gasteiger partial charge in [-0.25, -0.2) is 14.4 Å². The van der Waals surface area contributed by atoms with Gasteiger partial charge in [-0.3, -0.25) is 9.36 Å². The Hall–Kier alpha value is -2.69. The van der Waals surface area contributed by atoms with Gasteiger partial charge in [-0.15, -0.1) is 0 Å². The first kappa shape index (κ1) is 23.5. The lowest BCUT2D eigenvalue weighted by molar-refractivity contribution is -0.122. The lowest BCUT2D eigenvalue weighted by Gasteiger charge is -2.29. The molecule has 1 saturated carbocycles. The highest BCUT2D eigenvalue weighted by molar-refractivity contribution is 6.39. The van der Waals surface area contributed by atoms with Gasteiger partial charge >= 0.3 is 0 Å². The van der Waals surface area contributed by atoms with E-state index in [0.29, 0.717) is 54.4 Å². The molecule has 5 N–H and O–H groups in total. The molecule has 9 nitrogen and oxygen atoms in total. The predicted octanol–water partition coefficient (Wildman–Crippen LogP) is 4.03. The lowest BCUT2D eigenvalue weighted by Crippen LogP contribution is -2.29. The molecule has 2 heterocycles. The van der Waals surface area contributed by atoms with E-state index in [1.807, 2.05) is 11.5 Å². The van der Waals surface area contributed by atoms with Gasteiger partial charge in [-0.2, -0.15) is 4.98 Å². The maximum atomic E-state index is 13.7. The highest BCUT2D eigenvalue weighted by atomic mass is 35.5. The molecule has 1 atom stereocenters. The van der Waals surface area contributed by atoms with Gasteiger partial charge in [-0.05, 0) is 44.7 Å². The molecule has 0 aliphatic heterocycles. The number of anilines is 3. The molecule has 3 aromatic rings. The Morgan fingerprint density at radius 1 is 1.27 bits per heavy atom. The van der Waals surface area contributed by atoms with Crippen LogP contribution in [0.2, 0.25) is 10.0 Å². The fourth-order valence-electron chi connectivity index (χ4n) is 4.05. The number of rotatable bonds is 7. The van der Waals surface area contributed by atoms with Crippen molar-refractivity contribution in [1.29, 1.82) is 0 Å². The highest BCUT2D eigenvalue weighted by Crippen LogP contribution is 2.39. The Balaban J connectivity index is 1.77. The van der Waals surface area contributed by atoms with Crippen LogP contribution in [-0.2, 0) is 4.79 Å². The summed E-state index contributed by atoms with van der Waals surface area (Å²) in [6, 6.07) is 2.07. The molecule has 12 heteroatoms. The zero-order valence-electron chi connectivity index (χ0n) is 17.9. The number of nitrogens with one attached hydrogen (secondary N) is 2. The second kappa shape index (κ2) is 9.66. The number of primary amides is 1. The fraction of sp³-hybridized carbons (Fsp3) is 0.429. The van der Waals surface area contributed by atoms with Gasteiger partial charge in [0.15, 0.2) is 5.65 Å². The highest BCUT2D eigenvalue weighted by Gasteiger charge is 2.29. The maximum absolute atomic E-state index is 13.7. The van der Waals surface area contributed by atoms with Crippen LogP contribution in [-0.4, -0.2) is 43.2 Å². The number of carbonyl (C=O) groups excluding carboxylic acids is 1. The van der Waals surface area contributed by atoms with E-state index in [1.165, 1.54) is 12.1 Å². The zero-order valence-corrected chi connectivity index (χ0v) is 19.4. The Labute approximate surface area is 199 Å². The number of nitrogens with two attached hydrogens (primary N) is 1. The average Bonchev–Trinajstić information content (AvgIpc) is 3.13. The third-order valence-corrected chi connectivity index (χ3v) is 6.39. The molecule has 1 aliphatic rings. The van der Waals surface area contributed by atoms with E-state index in [0.717, 1.165) is 0 Å². The second-order valence-electron chi connectivity index (χ2n) is 8.21. The quantitative estimate of drug-likeness (QED) is 0.389. The molecule has 0 spiro atoms. The first-order valence-corrected chi connectivity index (χ1v) is 11.4. The minimum atomic E-state index is -0.548. The minimum absolute atomic E-state index is 0.0240. The summed E-state index contributed by atoms with van der Waals surface area (Å²) in [6.07, 6.45) is 4.26. The van der Waals surface area contributed by atoms with Crippen molar-refractivity contribution in [3.63, 3.8) is 0 Å². The van der Waals surface area contributed by atoms with Crippen LogP contribution in [0.5, 0.6) is 0 Å². The van der Waals surface area contributed by atoms with Crippen LogP contribution < -0.4 is 16.4 Å². The third kappa shape index (κ3) is 4.97. The molecule has 1 fully saturated rings. The monoisotopic (exact) mass is 495 g/mol. The largest absolute Gasteiger partial charge is 0.394 e. The summed E-state index contributed by atoms with van der Waals surface area (Å²) in [4.78, 5) is 25.2. The van der Waals surface area contributed by atoms with Crippen molar-refractivity contribution in [1.82, 2.24) is 19.5 Å². The van der Waals surface area contributed by atoms with Crippen LogP contribution in [0.15, 0.2) is 18.3 Å². The standard InChI is InChI=1S/C21H24Cl2FN7O2/c1-10(9-32)27-20-26-8-16-19(30-20)31(13-4-2-11(3-5-13)18(25)33)21(28-16)29-17-14(22)6-12(24)7-15(17)23/h6-8,10-11,13,32H,2-5,9H2,1H3,(H2,25,33)(H,28,29)(H,26,27,30)/t10-,11-,13+/m0/s1. The van der Waals surface area contributed by atoms with Crippen molar-refractivity contribution in [2.45, 2.75) is 44.7 Å². The molecule has 33 heavy (non-hydrogen) atoms. The molecule has 1 amide bonds. The number of hydrogen-bond acceptors (Lipinski definition) is 7. The number of imidazole rings is 1. The summed E-state index contributed by atoms with van der Waals surface area (Å²) in [5, 5.41) is 15.7. The number of carbonyl (C=O) groups is 1. The molecule has 4 rings (SSSR count). The molecule has 1 aliphatic carbocycles. The summed E-state index contributed by atoms with van der Waals surface area (Å²) in [6.45, 7) is 1.73. The lowest BCUT2D eigenvalue weighted by atomic mass is 9.85. The van der Waals surface area contributed by atoms with Crippen LogP contribution in [0.25, 0.3) is 11.2 Å². The summed E-state index contributed by atoms with van der Waals surface area (Å²) in [5.74, 6) is -0.233. The number of benzene rings is 1. The third-order valence-electron chi connectivity index (χ3n) is 5.79. The van der Waals surface area contributed by atoms with E-state index in [4.69, 9.17) is 28.9 Å². The number of amides is 1. The molecule has 0 unspecified atom stereocenters. The second-order valence-corrected chi connectivity index (χ2v) is 9.03. The fourth-order valence-corrected chi connectivity index (χ4v) is 4.61. The minimum Gasteiger partial charge on any atom is -0.394 e. The predicted molar refractivity (Wildman–Crippen MR) is 125 cm³/mol. The van der Waals surface area contributed by atoms with Crippen LogP contribution in [0.1, 0.15) is 38.6 Å². The van der Waals surface area contributed by atoms with Crippen molar-refractivity contribution < 1.29 is 14.3 Å². The zero-order chi connectivity index (χ0) is 23.7. The summed E-state index contributed by atoms with van der Waals surface area (Å²) in [7, 11) is 0. The number of nitrogens with zero attached hydrogens (tertiary/aromatic N) is 4. The Morgan fingerprint density at radius 2 is 1.94 bits per heavy atom. The van der Waals surface area contributed by atoms with Crippen molar-refractivity contribution in [3.05, 3.63) is 34.2 Å². The topological polar surface area (TPSA) is 131 Å². The van der Waals surface area contributed by atoms with E-state index < -0.39 is 5.82 Å². The van der Waals surface area contributed by atoms with Gasteiger partial charge in [0.25, 0.3) is 0 Å². The average molecular weight is 496 g/mol. The van der Waals surface area contributed by atoms with Crippen molar-refractivity contribution in [3.8, 4) is 0 Å². The van der Waals surface area contributed by atoms with Crippen LogP contribution >= 0.6 is 23.2 Å². The van der Waals surface area contributed by atoms with E-state index >= 15 is 0 Å². The molecular weight excluding hydrogens is 472 g/mol. The SMILES string of the molecule is C[C@@H](CO)Nc1ncc2nc(Nc3c(Cl)cc(F)cc3Cl)n([C@H]3CC[C@@H](C(N)=O)CC3)c2n1. The Morgan fingerprint density at radius 3 is 2.55 bits per heavy atom. The van der Waals surface area contributed by atoms with Crippen LogP contribution in [0.3, 0.4) is 0 Å². The van der Waals surface area contributed by atoms with E-state index in [2.05, 4.69) is 25.6 Å². The van der Waals surface area contributed by atoms with Gasteiger partial charge in [0, 0.05) is 18.0 Å². The molecular formula is C21H24Cl2FN7O2. The van der Waals surface area contributed by atoms with E-state index in [-0.39, 0.29) is 40.6 Å². The van der Waals surface area contributed by atoms with Gasteiger partial charge < -0.3 is 21.5 Å². The van der Waals surface area contributed by atoms with E-state index in [9.17, 15) is 14.3 Å². The van der Waals surface area contributed by atoms with Crippen molar-refractivity contribution in [2.24, 2.45) is 11.7 Å². The Bertz CT molecular complexity index is 1160. The van der Waals surface area contributed by atoms with Crippen molar-refractivity contribution >= 4 is 57.9 Å². The molecule has 0 bridgehead atoms.